The number of benzene rings is 1. The highest BCUT2D eigenvalue weighted by atomic mass is 16.1. The molecular formula is C16H12N6O. The molecule has 7 nitrogen and oxygen atoms in total. The van der Waals surface area contributed by atoms with E-state index in [1.54, 1.807) is 36.7 Å². The predicted octanol–water partition coefficient (Wildman–Crippen LogP) is 2.45. The van der Waals surface area contributed by atoms with Gasteiger partial charge in [-0.1, -0.05) is 24.3 Å². The number of Topliss-reactive ketones (excluding diaryl/α,β-unsaturated/α-hetero) is 1. The number of aliphatic imine (C=N–C) groups is 1. The van der Waals surface area contributed by atoms with E-state index in [-0.39, 0.29) is 5.78 Å². The first-order valence-electron chi connectivity index (χ1n) is 7.01. The summed E-state index contributed by atoms with van der Waals surface area (Å²) in [6, 6.07) is 10.9. The fourth-order valence-electron chi connectivity index (χ4n) is 2.43. The van der Waals surface area contributed by atoms with E-state index in [0.717, 1.165) is 5.56 Å². The Hall–Kier alpha value is -3.48. The van der Waals surface area contributed by atoms with E-state index in [9.17, 15) is 4.79 Å². The Bertz CT molecular complexity index is 906. The molecule has 112 valence electrons. The van der Waals surface area contributed by atoms with Crippen LogP contribution in [0.2, 0.25) is 0 Å². The molecule has 7 heteroatoms. The van der Waals surface area contributed by atoms with Gasteiger partial charge in [0.15, 0.2) is 0 Å². The molecule has 1 aliphatic carbocycles. The summed E-state index contributed by atoms with van der Waals surface area (Å²) >= 11 is 0. The zero-order chi connectivity index (χ0) is 15.6. The van der Waals surface area contributed by atoms with Gasteiger partial charge < -0.3 is 5.32 Å². The van der Waals surface area contributed by atoms with Gasteiger partial charge in [-0.05, 0) is 6.08 Å². The number of nitrogens with one attached hydrogen (secondary N) is 3. The number of hydrogen-bond donors (Lipinski definition) is 3. The summed E-state index contributed by atoms with van der Waals surface area (Å²) in [5.41, 5.74) is 2.52. The number of rotatable bonds is 3. The Morgan fingerprint density at radius 2 is 1.74 bits per heavy atom. The molecular weight excluding hydrogens is 292 g/mol. The molecule has 0 bridgehead atoms. The number of anilines is 1. The molecule has 3 aromatic rings. The van der Waals surface area contributed by atoms with Crippen molar-refractivity contribution in [1.82, 2.24) is 20.4 Å². The van der Waals surface area contributed by atoms with E-state index in [0.29, 0.717) is 28.6 Å². The van der Waals surface area contributed by atoms with Crippen molar-refractivity contribution in [2.24, 2.45) is 4.99 Å². The van der Waals surface area contributed by atoms with Gasteiger partial charge in [0.05, 0.1) is 23.8 Å². The SMILES string of the molecule is O=C1C(Nc2ccn[nH]2)=CC(=Nc2ccn[nH]2)c2ccccc21. The normalized spacial score (nSPS) is 15.4. The fraction of sp³-hybridized carbons (Fsp3) is 0. The van der Waals surface area contributed by atoms with Gasteiger partial charge in [-0.2, -0.15) is 10.2 Å². The smallest absolute Gasteiger partial charge is 0.209 e. The first-order valence-corrected chi connectivity index (χ1v) is 7.01. The van der Waals surface area contributed by atoms with Gasteiger partial charge in [-0.15, -0.1) is 0 Å². The van der Waals surface area contributed by atoms with E-state index < -0.39 is 0 Å². The Balaban J connectivity index is 1.81. The zero-order valence-electron chi connectivity index (χ0n) is 11.9. The van der Waals surface area contributed by atoms with E-state index in [1.807, 2.05) is 18.2 Å². The topological polar surface area (TPSA) is 98.8 Å². The lowest BCUT2D eigenvalue weighted by molar-refractivity contribution is 0.103. The van der Waals surface area contributed by atoms with Crippen LogP contribution in [-0.4, -0.2) is 31.9 Å². The minimum absolute atomic E-state index is 0.0845. The number of aromatic nitrogens is 4. The Kier molecular flexibility index (Phi) is 3.09. The maximum atomic E-state index is 12.7. The van der Waals surface area contributed by atoms with Crippen molar-refractivity contribution < 1.29 is 4.79 Å². The molecule has 23 heavy (non-hydrogen) atoms. The highest BCUT2D eigenvalue weighted by molar-refractivity contribution is 6.27. The number of allylic oxidation sites excluding steroid dienone is 2. The standard InChI is InChI=1S/C16H12N6O/c23-16-11-4-2-1-3-10(11)12(19-14-5-7-17-21-14)9-13(16)20-15-6-8-18-22-15/h1-9H,(H,17,21)(H2,18,20,22). The van der Waals surface area contributed by atoms with Crippen molar-refractivity contribution in [2.75, 3.05) is 5.32 Å². The van der Waals surface area contributed by atoms with Crippen LogP contribution in [0.3, 0.4) is 0 Å². The average molecular weight is 304 g/mol. The van der Waals surface area contributed by atoms with Crippen LogP contribution < -0.4 is 5.32 Å². The molecule has 0 aliphatic heterocycles. The van der Waals surface area contributed by atoms with Crippen molar-refractivity contribution in [3.63, 3.8) is 0 Å². The van der Waals surface area contributed by atoms with Crippen LogP contribution >= 0.6 is 0 Å². The number of carbonyl (C=O) groups is 1. The second-order valence-electron chi connectivity index (χ2n) is 4.97. The molecule has 0 saturated carbocycles. The Morgan fingerprint density at radius 1 is 0.957 bits per heavy atom. The van der Waals surface area contributed by atoms with E-state index in [4.69, 9.17) is 0 Å². The minimum Gasteiger partial charge on any atom is -0.337 e. The summed E-state index contributed by atoms with van der Waals surface area (Å²) in [6.45, 7) is 0. The molecule has 0 spiro atoms. The second-order valence-corrected chi connectivity index (χ2v) is 4.97. The molecule has 0 radical (unpaired) electrons. The third-order valence-corrected chi connectivity index (χ3v) is 3.47. The summed E-state index contributed by atoms with van der Waals surface area (Å²) in [6.07, 6.45) is 4.98. The molecule has 0 fully saturated rings. The molecule has 1 aromatic carbocycles. The highest BCUT2D eigenvalue weighted by Gasteiger charge is 2.24. The summed E-state index contributed by atoms with van der Waals surface area (Å²) in [5.74, 6) is 1.19. The van der Waals surface area contributed by atoms with Crippen molar-refractivity contribution in [3.8, 4) is 0 Å². The highest BCUT2D eigenvalue weighted by Crippen LogP contribution is 2.24. The summed E-state index contributed by atoms with van der Waals surface area (Å²) in [7, 11) is 0. The van der Waals surface area contributed by atoms with Gasteiger partial charge in [0.1, 0.15) is 11.6 Å². The van der Waals surface area contributed by atoms with Gasteiger partial charge in [0, 0.05) is 23.3 Å². The van der Waals surface area contributed by atoms with Crippen molar-refractivity contribution in [1.29, 1.82) is 0 Å². The molecule has 1 aliphatic rings. The van der Waals surface area contributed by atoms with Crippen LogP contribution in [-0.2, 0) is 0 Å². The third kappa shape index (κ3) is 2.44. The van der Waals surface area contributed by atoms with Gasteiger partial charge in [0.25, 0.3) is 0 Å². The number of fused-ring (bicyclic) bond motifs is 1. The van der Waals surface area contributed by atoms with Crippen LogP contribution in [0.4, 0.5) is 11.6 Å². The second kappa shape index (κ2) is 5.38. The average Bonchev–Trinajstić information content (AvgIpc) is 3.26. The third-order valence-electron chi connectivity index (χ3n) is 3.47. The van der Waals surface area contributed by atoms with Gasteiger partial charge in [-0.25, -0.2) is 4.99 Å². The zero-order valence-corrected chi connectivity index (χ0v) is 11.9. The maximum absolute atomic E-state index is 12.7. The van der Waals surface area contributed by atoms with Gasteiger partial charge in [-0.3, -0.25) is 15.0 Å². The molecule has 0 saturated heterocycles. The van der Waals surface area contributed by atoms with Gasteiger partial charge >= 0.3 is 0 Å². The van der Waals surface area contributed by atoms with Crippen molar-refractivity contribution >= 4 is 23.1 Å². The van der Waals surface area contributed by atoms with Crippen molar-refractivity contribution in [2.45, 2.75) is 0 Å². The summed E-state index contributed by atoms with van der Waals surface area (Å²) < 4.78 is 0. The molecule has 2 heterocycles. The lowest BCUT2D eigenvalue weighted by Gasteiger charge is -2.17. The number of carbonyl (C=O) groups excluding carboxylic acids is 1. The predicted molar refractivity (Wildman–Crippen MR) is 85.9 cm³/mol. The fourth-order valence-corrected chi connectivity index (χ4v) is 2.43. The largest absolute Gasteiger partial charge is 0.337 e. The number of nitrogens with zero attached hydrogens (tertiary/aromatic N) is 3. The first kappa shape index (κ1) is 13.2. The van der Waals surface area contributed by atoms with Crippen LogP contribution in [0.15, 0.2) is 65.6 Å². The minimum atomic E-state index is -0.0845. The number of aromatic amines is 2. The Morgan fingerprint density at radius 3 is 2.48 bits per heavy atom. The Labute approximate surface area is 131 Å². The van der Waals surface area contributed by atoms with Crippen LogP contribution in [0.1, 0.15) is 15.9 Å². The lowest BCUT2D eigenvalue weighted by atomic mass is 9.92. The lowest BCUT2D eigenvalue weighted by Crippen LogP contribution is -2.22. The number of hydrogen-bond acceptors (Lipinski definition) is 5. The van der Waals surface area contributed by atoms with Crippen LogP contribution in [0.25, 0.3) is 0 Å². The molecule has 0 unspecified atom stereocenters. The van der Waals surface area contributed by atoms with Crippen LogP contribution in [0.5, 0.6) is 0 Å². The van der Waals surface area contributed by atoms with Crippen molar-refractivity contribution in [3.05, 3.63) is 71.7 Å². The quantitative estimate of drug-likeness (QED) is 0.692. The first-order chi connectivity index (χ1) is 11.3. The number of ketones is 1. The monoisotopic (exact) mass is 304 g/mol. The maximum Gasteiger partial charge on any atom is 0.209 e. The van der Waals surface area contributed by atoms with E-state index in [2.05, 4.69) is 30.7 Å². The van der Waals surface area contributed by atoms with E-state index >= 15 is 0 Å². The molecule has 0 atom stereocenters. The van der Waals surface area contributed by atoms with E-state index in [1.165, 1.54) is 0 Å². The summed E-state index contributed by atoms with van der Waals surface area (Å²) in [4.78, 5) is 17.2. The summed E-state index contributed by atoms with van der Waals surface area (Å²) in [5, 5.41) is 16.4. The molecule has 2 aromatic heterocycles. The molecule has 3 N–H and O–H groups in total. The van der Waals surface area contributed by atoms with Crippen LogP contribution in [0, 0.1) is 0 Å². The molecule has 0 amide bonds. The number of H-pyrrole nitrogens is 2. The van der Waals surface area contributed by atoms with Gasteiger partial charge in [0.2, 0.25) is 5.78 Å². The molecule has 4 rings (SSSR count).